The van der Waals surface area contributed by atoms with Crippen molar-refractivity contribution in [2.75, 3.05) is 13.3 Å². The number of fused-ring (bicyclic) bond motifs is 1. The quantitative estimate of drug-likeness (QED) is 0.739. The van der Waals surface area contributed by atoms with Crippen molar-refractivity contribution in [1.82, 2.24) is 20.1 Å². The number of aromatic nitrogens is 3. The number of rotatable bonds is 5. The Morgan fingerprint density at radius 2 is 2.07 bits per heavy atom. The molecule has 28 heavy (non-hydrogen) atoms. The van der Waals surface area contributed by atoms with E-state index in [1.807, 2.05) is 30.3 Å². The first kappa shape index (κ1) is 18.0. The Hall–Kier alpha value is -3.35. The molecule has 0 spiro atoms. The molecule has 1 aromatic carbocycles. The molecule has 2 aromatic heterocycles. The van der Waals surface area contributed by atoms with Crippen LogP contribution in [0.25, 0.3) is 11.3 Å². The number of ether oxygens (including phenoxy) is 2. The molecule has 1 amide bonds. The minimum absolute atomic E-state index is 0.166. The third-order valence-electron chi connectivity index (χ3n) is 4.85. The summed E-state index contributed by atoms with van der Waals surface area (Å²) in [5, 5.41) is 7.47. The van der Waals surface area contributed by atoms with E-state index in [1.165, 1.54) is 0 Å². The molecular weight excluding hydrogens is 356 g/mol. The van der Waals surface area contributed by atoms with Gasteiger partial charge in [-0.05, 0) is 29.8 Å². The zero-order chi connectivity index (χ0) is 19.7. The Morgan fingerprint density at radius 3 is 2.86 bits per heavy atom. The van der Waals surface area contributed by atoms with Gasteiger partial charge in [0.1, 0.15) is 5.69 Å². The minimum atomic E-state index is -0.284. The number of benzene rings is 1. The molecule has 0 fully saturated rings. The summed E-state index contributed by atoms with van der Waals surface area (Å²) in [7, 11) is 1.80. The second-order valence-corrected chi connectivity index (χ2v) is 7.44. The van der Waals surface area contributed by atoms with Crippen molar-refractivity contribution in [1.29, 1.82) is 0 Å². The largest absolute Gasteiger partial charge is 0.454 e. The molecule has 0 unspecified atom stereocenters. The van der Waals surface area contributed by atoms with Crippen LogP contribution in [0.5, 0.6) is 11.5 Å². The van der Waals surface area contributed by atoms with Gasteiger partial charge in [0.15, 0.2) is 11.5 Å². The van der Waals surface area contributed by atoms with Gasteiger partial charge in [0.25, 0.3) is 5.91 Å². The minimum Gasteiger partial charge on any atom is -0.454 e. The lowest BCUT2D eigenvalue weighted by molar-refractivity contribution is 0.0946. The third-order valence-corrected chi connectivity index (χ3v) is 4.85. The van der Waals surface area contributed by atoms with Crippen LogP contribution in [0, 0.1) is 0 Å². The molecule has 0 saturated carbocycles. The second-order valence-electron chi connectivity index (χ2n) is 7.44. The Kier molecular flexibility index (Phi) is 4.50. The number of nitrogens with zero attached hydrogens (tertiary/aromatic N) is 3. The van der Waals surface area contributed by atoms with Crippen molar-refractivity contribution in [3.63, 3.8) is 0 Å². The highest BCUT2D eigenvalue weighted by Crippen LogP contribution is 2.36. The predicted octanol–water partition coefficient (Wildman–Crippen LogP) is 2.92. The number of carbonyl (C=O) groups excluding carboxylic acids is 1. The molecule has 4 rings (SSSR count). The molecule has 0 bridgehead atoms. The fraction of sp³-hybridized carbons (Fsp3) is 0.286. The van der Waals surface area contributed by atoms with E-state index in [2.05, 4.69) is 29.2 Å². The fourth-order valence-corrected chi connectivity index (χ4v) is 3.19. The normalized spacial score (nSPS) is 12.8. The molecule has 0 aliphatic carbocycles. The van der Waals surface area contributed by atoms with E-state index in [0.29, 0.717) is 17.8 Å². The summed E-state index contributed by atoms with van der Waals surface area (Å²) < 4.78 is 12.5. The van der Waals surface area contributed by atoms with Crippen molar-refractivity contribution < 1.29 is 14.3 Å². The van der Waals surface area contributed by atoms with Crippen molar-refractivity contribution in [2.45, 2.75) is 19.3 Å². The van der Waals surface area contributed by atoms with Gasteiger partial charge in [-0.2, -0.15) is 5.10 Å². The highest BCUT2D eigenvalue weighted by atomic mass is 16.7. The predicted molar refractivity (Wildman–Crippen MR) is 104 cm³/mol. The summed E-state index contributed by atoms with van der Waals surface area (Å²) in [4.78, 5) is 17.0. The first-order chi connectivity index (χ1) is 13.4. The summed E-state index contributed by atoms with van der Waals surface area (Å²) in [6.07, 6.45) is 5.13. The molecule has 0 radical (unpaired) electrons. The number of nitrogens with one attached hydrogen (secondary N) is 1. The van der Waals surface area contributed by atoms with Gasteiger partial charge < -0.3 is 14.8 Å². The van der Waals surface area contributed by atoms with Gasteiger partial charge in [0.2, 0.25) is 6.79 Å². The standard InChI is InChI=1S/C21H22N4O3/c1-21(2,15-6-7-17-18(9-15)28-13-27-17)12-23-20(26)16-11-25(3)24-19(16)14-5-4-8-22-10-14/h4-11H,12-13H2,1-3H3,(H,23,26). The van der Waals surface area contributed by atoms with E-state index in [4.69, 9.17) is 9.47 Å². The van der Waals surface area contributed by atoms with Crippen LogP contribution in [0.2, 0.25) is 0 Å². The van der Waals surface area contributed by atoms with Crippen LogP contribution < -0.4 is 14.8 Å². The van der Waals surface area contributed by atoms with E-state index in [-0.39, 0.29) is 18.1 Å². The van der Waals surface area contributed by atoms with Gasteiger partial charge in [-0.1, -0.05) is 19.9 Å². The maximum atomic E-state index is 12.9. The summed E-state index contributed by atoms with van der Waals surface area (Å²) in [5.74, 6) is 1.32. The first-order valence-electron chi connectivity index (χ1n) is 9.06. The van der Waals surface area contributed by atoms with Crippen LogP contribution in [0.1, 0.15) is 29.8 Å². The average Bonchev–Trinajstić information content (AvgIpc) is 3.32. The van der Waals surface area contributed by atoms with E-state index in [1.54, 1.807) is 30.3 Å². The lowest BCUT2D eigenvalue weighted by atomic mass is 9.84. The van der Waals surface area contributed by atoms with Crippen LogP contribution in [0.15, 0.2) is 48.9 Å². The van der Waals surface area contributed by atoms with Crippen LogP contribution in [0.3, 0.4) is 0 Å². The molecule has 1 aliphatic heterocycles. The second kappa shape index (κ2) is 6.99. The maximum Gasteiger partial charge on any atom is 0.255 e. The zero-order valence-electron chi connectivity index (χ0n) is 16.1. The van der Waals surface area contributed by atoms with E-state index in [9.17, 15) is 4.79 Å². The Bertz CT molecular complexity index is 1010. The number of pyridine rings is 1. The van der Waals surface area contributed by atoms with Gasteiger partial charge in [-0.3, -0.25) is 14.5 Å². The van der Waals surface area contributed by atoms with E-state index >= 15 is 0 Å². The maximum absolute atomic E-state index is 12.9. The van der Waals surface area contributed by atoms with E-state index < -0.39 is 0 Å². The van der Waals surface area contributed by atoms with Gasteiger partial charge in [-0.25, -0.2) is 0 Å². The molecular formula is C21H22N4O3. The average molecular weight is 378 g/mol. The van der Waals surface area contributed by atoms with Crippen LogP contribution in [-0.4, -0.2) is 34.0 Å². The summed E-state index contributed by atoms with van der Waals surface area (Å²) in [6.45, 7) is 4.87. The van der Waals surface area contributed by atoms with Crippen molar-refractivity contribution in [2.24, 2.45) is 7.05 Å². The molecule has 7 heteroatoms. The highest BCUT2D eigenvalue weighted by molar-refractivity contribution is 5.99. The Balaban J connectivity index is 1.52. The highest BCUT2D eigenvalue weighted by Gasteiger charge is 2.26. The Labute approximate surface area is 163 Å². The first-order valence-corrected chi connectivity index (χ1v) is 9.06. The number of amides is 1. The van der Waals surface area contributed by atoms with Gasteiger partial charge in [0, 0.05) is 43.2 Å². The Morgan fingerprint density at radius 1 is 1.25 bits per heavy atom. The smallest absolute Gasteiger partial charge is 0.255 e. The molecule has 0 atom stereocenters. The van der Waals surface area contributed by atoms with Gasteiger partial charge in [0.05, 0.1) is 5.56 Å². The van der Waals surface area contributed by atoms with Crippen LogP contribution in [0.4, 0.5) is 0 Å². The number of aryl methyl sites for hydroxylation is 1. The topological polar surface area (TPSA) is 78.3 Å². The molecule has 0 saturated heterocycles. The molecule has 144 valence electrons. The zero-order valence-corrected chi connectivity index (χ0v) is 16.1. The lowest BCUT2D eigenvalue weighted by Crippen LogP contribution is -2.36. The molecule has 3 aromatic rings. The van der Waals surface area contributed by atoms with Crippen molar-refractivity contribution in [3.8, 4) is 22.8 Å². The summed E-state index contributed by atoms with van der Waals surface area (Å²) >= 11 is 0. The third kappa shape index (κ3) is 3.43. The van der Waals surface area contributed by atoms with Gasteiger partial charge >= 0.3 is 0 Å². The fourth-order valence-electron chi connectivity index (χ4n) is 3.19. The number of carbonyl (C=O) groups is 1. The van der Waals surface area contributed by atoms with E-state index in [0.717, 1.165) is 22.6 Å². The summed E-state index contributed by atoms with van der Waals surface area (Å²) in [5.41, 5.74) is 2.73. The number of hydrogen-bond donors (Lipinski definition) is 1. The van der Waals surface area contributed by atoms with Crippen molar-refractivity contribution in [3.05, 3.63) is 60.0 Å². The lowest BCUT2D eigenvalue weighted by Gasteiger charge is -2.26. The monoisotopic (exact) mass is 378 g/mol. The number of hydrogen-bond acceptors (Lipinski definition) is 5. The van der Waals surface area contributed by atoms with Gasteiger partial charge in [-0.15, -0.1) is 0 Å². The van der Waals surface area contributed by atoms with Crippen molar-refractivity contribution >= 4 is 5.91 Å². The molecule has 1 N–H and O–H groups in total. The van der Waals surface area contributed by atoms with Crippen LogP contribution in [-0.2, 0) is 12.5 Å². The SMILES string of the molecule is Cn1cc(C(=O)NCC(C)(C)c2ccc3c(c2)OCO3)c(-c2cccnc2)n1. The molecule has 3 heterocycles. The molecule has 1 aliphatic rings. The summed E-state index contributed by atoms with van der Waals surface area (Å²) in [6, 6.07) is 9.60. The molecule has 7 nitrogen and oxygen atoms in total. The van der Waals surface area contributed by atoms with Crippen LogP contribution >= 0.6 is 0 Å².